The molecule has 10 nitrogen and oxygen atoms in total. The second kappa shape index (κ2) is 14.8. The number of halogens is 1. The van der Waals surface area contributed by atoms with Crippen LogP contribution in [0.1, 0.15) is 68.4 Å². The van der Waals surface area contributed by atoms with Crippen LogP contribution in [0.5, 0.6) is 23.0 Å². The minimum Gasteiger partial charge on any atom is -0.493 e. The minimum atomic E-state index is -0.702. The molecule has 1 saturated carbocycles. The molecule has 1 N–H and O–H groups in total. The topological polar surface area (TPSA) is 108 Å². The first-order valence-corrected chi connectivity index (χ1v) is 17.5. The number of amides is 1. The number of benzene rings is 3. The second-order valence-corrected chi connectivity index (χ2v) is 13.3. The van der Waals surface area contributed by atoms with Crippen molar-refractivity contribution < 1.29 is 23.4 Å². The fraction of sp³-hybridized carbons (Fsp3) is 0.385. The van der Waals surface area contributed by atoms with Gasteiger partial charge >= 0.3 is 0 Å². The van der Waals surface area contributed by atoms with Gasteiger partial charge in [0.05, 0.1) is 30.3 Å². The number of hydrogen-bond acceptors (Lipinski definition) is 8. The van der Waals surface area contributed by atoms with E-state index in [1.807, 2.05) is 18.2 Å². The van der Waals surface area contributed by atoms with Crippen molar-refractivity contribution in [2.45, 2.75) is 57.9 Å². The second-order valence-electron chi connectivity index (χ2n) is 13.3. The van der Waals surface area contributed by atoms with Crippen molar-refractivity contribution in [1.29, 1.82) is 0 Å². The molecule has 260 valence electrons. The summed E-state index contributed by atoms with van der Waals surface area (Å²) in [4.78, 5) is 38.3. The van der Waals surface area contributed by atoms with E-state index in [9.17, 15) is 9.59 Å². The highest BCUT2D eigenvalue weighted by Gasteiger charge is 2.25. The van der Waals surface area contributed by atoms with Crippen LogP contribution in [0.25, 0.3) is 21.9 Å². The summed E-state index contributed by atoms with van der Waals surface area (Å²) in [6, 6.07) is 16.7. The Morgan fingerprint density at radius 2 is 1.74 bits per heavy atom. The van der Waals surface area contributed by atoms with Gasteiger partial charge in [-0.2, -0.15) is 0 Å². The fourth-order valence-corrected chi connectivity index (χ4v) is 7.04. The van der Waals surface area contributed by atoms with E-state index in [-0.39, 0.29) is 23.2 Å². The van der Waals surface area contributed by atoms with Crippen LogP contribution in [0, 0.1) is 11.7 Å². The molecule has 7 rings (SSSR count). The van der Waals surface area contributed by atoms with Crippen molar-refractivity contribution in [1.82, 2.24) is 19.4 Å². The summed E-state index contributed by atoms with van der Waals surface area (Å²) < 4.78 is 34.9. The highest BCUT2D eigenvalue weighted by molar-refractivity contribution is 6.03. The number of hydrogen-bond donors (Lipinski definition) is 1. The van der Waals surface area contributed by atoms with Gasteiger partial charge in [0, 0.05) is 42.0 Å². The van der Waals surface area contributed by atoms with Gasteiger partial charge in [0.1, 0.15) is 5.75 Å². The molecule has 3 heterocycles. The van der Waals surface area contributed by atoms with Crippen molar-refractivity contribution in [2.75, 3.05) is 38.7 Å². The van der Waals surface area contributed by atoms with Crippen LogP contribution in [0.3, 0.4) is 0 Å². The molecule has 1 saturated heterocycles. The third kappa shape index (κ3) is 7.14. The predicted molar refractivity (Wildman–Crippen MR) is 191 cm³/mol. The molecule has 1 aliphatic heterocycles. The number of rotatable bonds is 11. The van der Waals surface area contributed by atoms with Crippen LogP contribution in [-0.4, -0.2) is 58.7 Å². The van der Waals surface area contributed by atoms with E-state index in [0.29, 0.717) is 45.8 Å². The monoisotopic (exact) mass is 679 g/mol. The van der Waals surface area contributed by atoms with E-state index in [2.05, 4.69) is 27.1 Å². The number of likely N-dealkylation sites (tertiary alicyclic amines) is 1. The van der Waals surface area contributed by atoms with E-state index < -0.39 is 17.3 Å². The number of pyridine rings is 1. The minimum absolute atomic E-state index is 0.0117. The van der Waals surface area contributed by atoms with Crippen molar-refractivity contribution in [3.63, 3.8) is 0 Å². The Labute approximate surface area is 290 Å². The van der Waals surface area contributed by atoms with Gasteiger partial charge in [-0.05, 0) is 87.5 Å². The standard InChI is InChI=1S/C39H42FN5O5/c1-25-15-19-44(20-16-25)18-7-21-49-36-24-31-28(23-35(36)48-2)33(14-17-41-31)50-34-13-12-26(22-29(34)40)42-38(46)37-39(47)45(27-8-3-4-9-27)32-11-6-5-10-30(32)43-37/h5-6,10-14,17,22-25,27H,3-4,7-9,15-16,18-21H2,1-2H3,(H,42,46). The predicted octanol–water partition coefficient (Wildman–Crippen LogP) is 7.75. The van der Waals surface area contributed by atoms with Crippen LogP contribution in [0.2, 0.25) is 0 Å². The number of fused-ring (bicyclic) bond motifs is 2. The Bertz CT molecular complexity index is 2070. The summed E-state index contributed by atoms with van der Waals surface area (Å²) in [6.45, 7) is 6.12. The number of anilines is 1. The summed E-state index contributed by atoms with van der Waals surface area (Å²) in [6.07, 6.45) is 8.77. The van der Waals surface area contributed by atoms with Gasteiger partial charge in [-0.15, -0.1) is 0 Å². The Hall–Kier alpha value is -5.03. The molecular formula is C39H42FN5O5. The van der Waals surface area contributed by atoms with Gasteiger partial charge in [-0.25, -0.2) is 9.37 Å². The first-order valence-electron chi connectivity index (χ1n) is 17.5. The molecule has 11 heteroatoms. The van der Waals surface area contributed by atoms with Crippen LogP contribution in [-0.2, 0) is 0 Å². The number of para-hydroxylation sites is 2. The highest BCUT2D eigenvalue weighted by atomic mass is 19.1. The molecule has 5 aromatic rings. The molecule has 1 amide bonds. The van der Waals surface area contributed by atoms with E-state index in [1.54, 1.807) is 42.1 Å². The summed E-state index contributed by atoms with van der Waals surface area (Å²) in [7, 11) is 1.57. The number of carbonyl (C=O) groups excluding carboxylic acids is 1. The fourth-order valence-electron chi connectivity index (χ4n) is 7.04. The molecule has 0 bridgehead atoms. The largest absolute Gasteiger partial charge is 0.493 e. The molecule has 50 heavy (non-hydrogen) atoms. The van der Waals surface area contributed by atoms with Crippen molar-refractivity contribution in [3.05, 3.63) is 88.7 Å². The third-order valence-electron chi connectivity index (χ3n) is 9.85. The van der Waals surface area contributed by atoms with Gasteiger partial charge in [0.2, 0.25) is 0 Å². The summed E-state index contributed by atoms with van der Waals surface area (Å²) in [5, 5.41) is 3.27. The van der Waals surface area contributed by atoms with Crippen LogP contribution < -0.4 is 25.1 Å². The maximum absolute atomic E-state index is 15.5. The van der Waals surface area contributed by atoms with Gasteiger partial charge in [-0.3, -0.25) is 14.6 Å². The maximum atomic E-state index is 15.5. The highest BCUT2D eigenvalue weighted by Crippen LogP contribution is 2.38. The summed E-state index contributed by atoms with van der Waals surface area (Å²) in [5.74, 6) is 0.840. The van der Waals surface area contributed by atoms with Gasteiger partial charge in [0.15, 0.2) is 28.8 Å². The van der Waals surface area contributed by atoms with E-state index in [4.69, 9.17) is 14.2 Å². The lowest BCUT2D eigenvalue weighted by molar-refractivity contribution is 0.102. The Morgan fingerprint density at radius 1 is 0.940 bits per heavy atom. The number of nitrogens with zero attached hydrogens (tertiary/aromatic N) is 4. The number of carbonyl (C=O) groups is 1. The number of piperidine rings is 1. The lowest BCUT2D eigenvalue weighted by Gasteiger charge is -2.30. The zero-order valence-corrected chi connectivity index (χ0v) is 28.5. The maximum Gasteiger partial charge on any atom is 0.282 e. The average molecular weight is 680 g/mol. The van der Waals surface area contributed by atoms with E-state index in [0.717, 1.165) is 63.7 Å². The Balaban J connectivity index is 1.05. The number of nitrogens with one attached hydrogen (secondary N) is 1. The first-order chi connectivity index (χ1) is 24.4. The van der Waals surface area contributed by atoms with Gasteiger partial charge in [-0.1, -0.05) is 31.9 Å². The molecule has 3 aromatic carbocycles. The lowest BCUT2D eigenvalue weighted by Crippen LogP contribution is -2.34. The normalized spacial score (nSPS) is 15.8. The number of ether oxygens (including phenoxy) is 3. The average Bonchev–Trinajstić information content (AvgIpc) is 3.66. The Kier molecular flexibility index (Phi) is 9.93. The molecule has 0 radical (unpaired) electrons. The van der Waals surface area contributed by atoms with Crippen LogP contribution in [0.15, 0.2) is 71.7 Å². The zero-order valence-electron chi connectivity index (χ0n) is 28.5. The van der Waals surface area contributed by atoms with Crippen molar-refractivity contribution >= 4 is 33.5 Å². The molecule has 0 spiro atoms. The van der Waals surface area contributed by atoms with Crippen molar-refractivity contribution in [2.24, 2.45) is 5.92 Å². The number of aromatic nitrogens is 3. The third-order valence-corrected chi connectivity index (χ3v) is 9.85. The quantitative estimate of drug-likeness (QED) is 0.141. The SMILES string of the molecule is COc1cc2c(Oc3ccc(NC(=O)c4nc5ccccc5n(C5CCCC5)c4=O)cc3F)ccnc2cc1OCCCN1CCC(C)CC1. The van der Waals surface area contributed by atoms with E-state index >= 15 is 4.39 Å². The molecule has 2 aromatic heterocycles. The molecule has 0 atom stereocenters. The summed E-state index contributed by atoms with van der Waals surface area (Å²) >= 11 is 0. The van der Waals surface area contributed by atoms with Crippen molar-refractivity contribution in [3.8, 4) is 23.0 Å². The molecule has 0 unspecified atom stereocenters. The molecule has 2 fully saturated rings. The number of methoxy groups -OCH3 is 1. The van der Waals surface area contributed by atoms with Gasteiger partial charge < -0.3 is 29.0 Å². The van der Waals surface area contributed by atoms with Crippen LogP contribution >= 0.6 is 0 Å². The van der Waals surface area contributed by atoms with E-state index in [1.165, 1.54) is 25.0 Å². The smallest absolute Gasteiger partial charge is 0.282 e. The molecule has 2 aliphatic rings. The van der Waals surface area contributed by atoms with Crippen LogP contribution in [0.4, 0.5) is 10.1 Å². The first kappa shape index (κ1) is 33.5. The molecular weight excluding hydrogens is 637 g/mol. The zero-order chi connectivity index (χ0) is 34.6. The summed E-state index contributed by atoms with van der Waals surface area (Å²) in [5.41, 5.74) is 1.36. The Morgan fingerprint density at radius 3 is 2.52 bits per heavy atom. The lowest BCUT2D eigenvalue weighted by atomic mass is 9.99. The van der Waals surface area contributed by atoms with Gasteiger partial charge in [0.25, 0.3) is 11.5 Å². The molecule has 1 aliphatic carbocycles.